The monoisotopic (exact) mass is 232 g/mol. The van der Waals surface area contributed by atoms with Crippen LogP contribution in [0.1, 0.15) is 5.69 Å². The normalized spacial score (nSPS) is 10.4. The maximum absolute atomic E-state index is 4.61. The fourth-order valence-electron chi connectivity index (χ4n) is 2.00. The molecule has 86 valence electrons. The van der Waals surface area contributed by atoms with Crippen LogP contribution in [0, 0.1) is 0 Å². The molecule has 0 spiro atoms. The molecule has 0 fully saturated rings. The van der Waals surface area contributed by atoms with E-state index in [4.69, 9.17) is 0 Å². The Bertz CT molecular complexity index is 703. The molecule has 0 N–H and O–H groups in total. The van der Waals surface area contributed by atoms with Crippen LogP contribution in [-0.4, -0.2) is 9.97 Å². The van der Waals surface area contributed by atoms with Crippen LogP contribution in [0.25, 0.3) is 28.1 Å². The summed E-state index contributed by atoms with van der Waals surface area (Å²) in [5.74, 6) is 0. The van der Waals surface area contributed by atoms with Crippen molar-refractivity contribution in [2.45, 2.75) is 0 Å². The van der Waals surface area contributed by atoms with Gasteiger partial charge in [0.15, 0.2) is 0 Å². The third-order valence-corrected chi connectivity index (χ3v) is 2.91. The molecule has 0 saturated carbocycles. The van der Waals surface area contributed by atoms with Gasteiger partial charge < -0.3 is 0 Å². The zero-order valence-electron chi connectivity index (χ0n) is 9.88. The molecule has 0 unspecified atom stereocenters. The molecule has 3 rings (SSSR count). The molecule has 2 nitrogen and oxygen atoms in total. The zero-order valence-corrected chi connectivity index (χ0v) is 9.88. The fourth-order valence-corrected chi connectivity index (χ4v) is 2.00. The molecular formula is C16H12N2. The van der Waals surface area contributed by atoms with E-state index < -0.39 is 0 Å². The molecule has 2 heterocycles. The van der Waals surface area contributed by atoms with Gasteiger partial charge in [-0.25, -0.2) is 4.98 Å². The predicted molar refractivity (Wildman–Crippen MR) is 75.1 cm³/mol. The van der Waals surface area contributed by atoms with Gasteiger partial charge in [0.1, 0.15) is 0 Å². The molecule has 1 aromatic carbocycles. The second-order valence-corrected chi connectivity index (χ2v) is 4.07. The van der Waals surface area contributed by atoms with E-state index in [9.17, 15) is 0 Å². The molecule has 0 aliphatic carbocycles. The summed E-state index contributed by atoms with van der Waals surface area (Å²) in [6.07, 6.45) is 5.45. The number of benzene rings is 1. The lowest BCUT2D eigenvalue weighted by Crippen LogP contribution is -1.89. The minimum Gasteiger partial charge on any atom is -0.263 e. The molecule has 0 bridgehead atoms. The molecule has 3 aromatic rings. The summed E-state index contributed by atoms with van der Waals surface area (Å²) in [6, 6.07) is 14.2. The summed E-state index contributed by atoms with van der Waals surface area (Å²) in [4.78, 5) is 8.89. The zero-order chi connectivity index (χ0) is 12.4. The first-order valence-electron chi connectivity index (χ1n) is 5.81. The topological polar surface area (TPSA) is 25.8 Å². The van der Waals surface area contributed by atoms with E-state index >= 15 is 0 Å². The summed E-state index contributed by atoms with van der Waals surface area (Å²) in [6.45, 7) is 3.76. The Balaban J connectivity index is 2.32. The average molecular weight is 232 g/mol. The van der Waals surface area contributed by atoms with E-state index in [1.165, 1.54) is 0 Å². The van der Waals surface area contributed by atoms with Crippen molar-refractivity contribution in [1.82, 2.24) is 9.97 Å². The first-order chi connectivity index (χ1) is 8.88. The molecule has 0 aliphatic heterocycles. The van der Waals surface area contributed by atoms with Gasteiger partial charge in [-0.15, -0.1) is 0 Å². The maximum Gasteiger partial charge on any atom is 0.0818 e. The van der Waals surface area contributed by atoms with E-state index in [0.717, 1.165) is 27.7 Å². The van der Waals surface area contributed by atoms with E-state index in [2.05, 4.69) is 28.7 Å². The summed E-state index contributed by atoms with van der Waals surface area (Å²) in [7, 11) is 0. The van der Waals surface area contributed by atoms with Crippen molar-refractivity contribution in [3.63, 3.8) is 0 Å². The van der Waals surface area contributed by atoms with Crippen molar-refractivity contribution in [2.24, 2.45) is 0 Å². The van der Waals surface area contributed by atoms with Crippen LogP contribution >= 0.6 is 0 Å². The largest absolute Gasteiger partial charge is 0.263 e. The van der Waals surface area contributed by atoms with Crippen LogP contribution in [0.3, 0.4) is 0 Å². The highest BCUT2D eigenvalue weighted by Crippen LogP contribution is 2.26. The van der Waals surface area contributed by atoms with Crippen molar-refractivity contribution in [3.8, 4) is 11.1 Å². The van der Waals surface area contributed by atoms with E-state index in [-0.39, 0.29) is 0 Å². The van der Waals surface area contributed by atoms with E-state index in [1.54, 1.807) is 6.08 Å². The molecule has 0 aliphatic rings. The maximum atomic E-state index is 4.61. The van der Waals surface area contributed by atoms with Crippen molar-refractivity contribution < 1.29 is 0 Å². The van der Waals surface area contributed by atoms with Crippen molar-refractivity contribution in [1.29, 1.82) is 0 Å². The van der Waals surface area contributed by atoms with Crippen LogP contribution in [0.15, 0.2) is 61.4 Å². The highest BCUT2D eigenvalue weighted by Gasteiger charge is 2.05. The van der Waals surface area contributed by atoms with Gasteiger partial charge in [0.05, 0.1) is 11.2 Å². The Kier molecular flexibility index (Phi) is 2.61. The molecule has 2 heteroatoms. The number of rotatable bonds is 2. The van der Waals surface area contributed by atoms with Gasteiger partial charge in [0.25, 0.3) is 0 Å². The van der Waals surface area contributed by atoms with Gasteiger partial charge in [-0.3, -0.25) is 4.98 Å². The highest BCUT2D eigenvalue weighted by atomic mass is 14.7. The van der Waals surface area contributed by atoms with Crippen LogP contribution in [0.5, 0.6) is 0 Å². The van der Waals surface area contributed by atoms with E-state index in [1.807, 2.05) is 42.7 Å². The number of fused-ring (bicyclic) bond motifs is 1. The van der Waals surface area contributed by atoms with Crippen molar-refractivity contribution >= 4 is 17.0 Å². The van der Waals surface area contributed by atoms with Gasteiger partial charge in [-0.1, -0.05) is 36.9 Å². The van der Waals surface area contributed by atoms with Crippen LogP contribution in [-0.2, 0) is 0 Å². The molecular weight excluding hydrogens is 220 g/mol. The summed E-state index contributed by atoms with van der Waals surface area (Å²) < 4.78 is 0. The SMILES string of the molecule is C=Cc1ccc2cncc(-c3ccccc3)c2n1. The number of aromatic nitrogens is 2. The number of hydrogen-bond acceptors (Lipinski definition) is 2. The highest BCUT2D eigenvalue weighted by molar-refractivity contribution is 5.93. The lowest BCUT2D eigenvalue weighted by atomic mass is 10.0. The Hall–Kier alpha value is -2.48. The minimum absolute atomic E-state index is 0.880. The fraction of sp³-hybridized carbons (Fsp3) is 0. The van der Waals surface area contributed by atoms with Crippen LogP contribution < -0.4 is 0 Å². The summed E-state index contributed by atoms with van der Waals surface area (Å²) >= 11 is 0. The molecule has 0 atom stereocenters. The minimum atomic E-state index is 0.880. The Morgan fingerprint density at radius 3 is 2.56 bits per heavy atom. The van der Waals surface area contributed by atoms with Gasteiger partial charge in [-0.2, -0.15) is 0 Å². The van der Waals surface area contributed by atoms with Crippen LogP contribution in [0.2, 0.25) is 0 Å². The van der Waals surface area contributed by atoms with Crippen molar-refractivity contribution in [2.75, 3.05) is 0 Å². The molecule has 2 aromatic heterocycles. The second-order valence-electron chi connectivity index (χ2n) is 4.07. The molecule has 0 amide bonds. The quantitative estimate of drug-likeness (QED) is 0.668. The van der Waals surface area contributed by atoms with Gasteiger partial charge >= 0.3 is 0 Å². The van der Waals surface area contributed by atoms with Gasteiger partial charge in [0.2, 0.25) is 0 Å². The Morgan fingerprint density at radius 2 is 1.78 bits per heavy atom. The summed E-state index contributed by atoms with van der Waals surface area (Å²) in [5, 5.41) is 1.04. The van der Waals surface area contributed by atoms with Crippen molar-refractivity contribution in [3.05, 3.63) is 67.1 Å². The third-order valence-electron chi connectivity index (χ3n) is 2.91. The Morgan fingerprint density at radius 1 is 0.944 bits per heavy atom. The predicted octanol–water partition coefficient (Wildman–Crippen LogP) is 3.94. The Labute approximate surface area is 106 Å². The standard InChI is InChI=1S/C16H12N2/c1-2-14-9-8-13-10-17-11-15(16(13)18-14)12-6-4-3-5-7-12/h2-11H,1H2. The first-order valence-corrected chi connectivity index (χ1v) is 5.81. The number of nitrogens with zero attached hydrogens (tertiary/aromatic N) is 2. The molecule has 18 heavy (non-hydrogen) atoms. The second kappa shape index (κ2) is 4.41. The van der Waals surface area contributed by atoms with Gasteiger partial charge in [-0.05, 0) is 23.8 Å². The number of pyridine rings is 2. The number of hydrogen-bond donors (Lipinski definition) is 0. The van der Waals surface area contributed by atoms with Gasteiger partial charge in [0, 0.05) is 23.3 Å². The summed E-state index contributed by atoms with van der Waals surface area (Å²) in [5.41, 5.74) is 4.03. The molecule has 0 radical (unpaired) electrons. The lowest BCUT2D eigenvalue weighted by molar-refractivity contribution is 1.31. The molecule has 0 saturated heterocycles. The average Bonchev–Trinajstić information content (AvgIpc) is 2.47. The van der Waals surface area contributed by atoms with Crippen LogP contribution in [0.4, 0.5) is 0 Å². The smallest absolute Gasteiger partial charge is 0.0818 e. The third kappa shape index (κ3) is 1.78. The lowest BCUT2D eigenvalue weighted by Gasteiger charge is -2.06. The first kappa shape index (κ1) is 10.7. The van der Waals surface area contributed by atoms with E-state index in [0.29, 0.717) is 0 Å².